The van der Waals surface area contributed by atoms with Gasteiger partial charge in [0.2, 0.25) is 10.0 Å². The Bertz CT molecular complexity index is 548. The van der Waals surface area contributed by atoms with Gasteiger partial charge in [0, 0.05) is 25.3 Å². The average Bonchev–Trinajstić information content (AvgIpc) is 2.39. The maximum atomic E-state index is 12.5. The van der Waals surface area contributed by atoms with Gasteiger partial charge in [0.25, 0.3) is 0 Å². The summed E-state index contributed by atoms with van der Waals surface area (Å²) in [5.41, 5.74) is 0. The van der Waals surface area contributed by atoms with E-state index in [1.54, 1.807) is 0 Å². The number of rotatable bonds is 3. The van der Waals surface area contributed by atoms with E-state index in [0.29, 0.717) is 13.1 Å². The van der Waals surface area contributed by atoms with Crippen LogP contribution in [0.25, 0.3) is 0 Å². The quantitative estimate of drug-likeness (QED) is 0.793. The number of likely N-dealkylation sites (N-methyl/N-ethyl adjacent to an activating group) is 1. The van der Waals surface area contributed by atoms with Crippen molar-refractivity contribution < 1.29 is 8.42 Å². The molecule has 1 aromatic heterocycles. The molecule has 0 aliphatic carbocycles. The predicted molar refractivity (Wildman–Crippen MR) is 74.7 cm³/mol. The van der Waals surface area contributed by atoms with E-state index < -0.39 is 10.0 Å². The first kappa shape index (κ1) is 14.7. The third-order valence-electron chi connectivity index (χ3n) is 3.43. The SMILES string of the molecule is CN(C)C1CCCN(S(=O)(=O)c2ccnc(Cl)c2)C1. The third kappa shape index (κ3) is 3.25. The number of hydrogen-bond donors (Lipinski definition) is 0. The number of hydrogen-bond acceptors (Lipinski definition) is 4. The molecule has 0 aromatic carbocycles. The Morgan fingerprint density at radius 1 is 1.47 bits per heavy atom. The predicted octanol–water partition coefficient (Wildman–Crippen LogP) is 1.45. The lowest BCUT2D eigenvalue weighted by Gasteiger charge is -2.35. The van der Waals surface area contributed by atoms with Gasteiger partial charge in [-0.2, -0.15) is 4.31 Å². The summed E-state index contributed by atoms with van der Waals surface area (Å²) in [4.78, 5) is 6.10. The van der Waals surface area contributed by atoms with E-state index in [-0.39, 0.29) is 16.1 Å². The van der Waals surface area contributed by atoms with Crippen LogP contribution in [0.15, 0.2) is 23.2 Å². The second-order valence-corrected chi connectivity index (χ2v) is 7.26. The molecule has 1 aliphatic rings. The van der Waals surface area contributed by atoms with Gasteiger partial charge in [-0.1, -0.05) is 11.6 Å². The lowest BCUT2D eigenvalue weighted by Crippen LogP contribution is -2.47. The molecule has 0 bridgehead atoms. The van der Waals surface area contributed by atoms with E-state index in [0.717, 1.165) is 12.8 Å². The summed E-state index contributed by atoms with van der Waals surface area (Å²) in [5.74, 6) is 0. The second kappa shape index (κ2) is 5.75. The van der Waals surface area contributed by atoms with Crippen molar-refractivity contribution in [1.29, 1.82) is 0 Å². The summed E-state index contributed by atoms with van der Waals surface area (Å²) in [6.07, 6.45) is 3.32. The maximum absolute atomic E-state index is 12.5. The monoisotopic (exact) mass is 303 g/mol. The summed E-state index contributed by atoms with van der Waals surface area (Å²) in [5, 5.41) is 0.197. The highest BCUT2D eigenvalue weighted by molar-refractivity contribution is 7.89. The Labute approximate surface area is 119 Å². The Morgan fingerprint density at radius 2 is 2.21 bits per heavy atom. The number of pyridine rings is 1. The van der Waals surface area contributed by atoms with E-state index in [9.17, 15) is 8.42 Å². The van der Waals surface area contributed by atoms with Gasteiger partial charge in [0.15, 0.2) is 0 Å². The lowest BCUT2D eigenvalue weighted by atomic mass is 10.1. The van der Waals surface area contributed by atoms with Crippen LogP contribution in [0.1, 0.15) is 12.8 Å². The van der Waals surface area contributed by atoms with Crippen molar-refractivity contribution in [3.8, 4) is 0 Å². The van der Waals surface area contributed by atoms with E-state index in [2.05, 4.69) is 9.88 Å². The van der Waals surface area contributed by atoms with Crippen LogP contribution in [0.2, 0.25) is 5.15 Å². The van der Waals surface area contributed by atoms with E-state index in [4.69, 9.17) is 11.6 Å². The van der Waals surface area contributed by atoms with E-state index in [1.807, 2.05) is 14.1 Å². The zero-order chi connectivity index (χ0) is 14.0. The largest absolute Gasteiger partial charge is 0.305 e. The number of halogens is 1. The van der Waals surface area contributed by atoms with Crippen molar-refractivity contribution in [1.82, 2.24) is 14.2 Å². The van der Waals surface area contributed by atoms with Gasteiger partial charge in [-0.3, -0.25) is 0 Å². The van der Waals surface area contributed by atoms with Crippen molar-refractivity contribution >= 4 is 21.6 Å². The van der Waals surface area contributed by atoms with E-state index in [1.165, 1.54) is 22.6 Å². The smallest absolute Gasteiger partial charge is 0.243 e. The molecule has 1 saturated heterocycles. The van der Waals surface area contributed by atoms with Gasteiger partial charge in [0.05, 0.1) is 4.90 Å². The molecule has 0 saturated carbocycles. The van der Waals surface area contributed by atoms with Gasteiger partial charge >= 0.3 is 0 Å². The van der Waals surface area contributed by atoms with Gasteiger partial charge in [-0.25, -0.2) is 13.4 Å². The van der Waals surface area contributed by atoms with Crippen molar-refractivity contribution in [2.45, 2.75) is 23.8 Å². The molecule has 1 unspecified atom stereocenters. The molecular formula is C12H18ClN3O2S. The van der Waals surface area contributed by atoms with Gasteiger partial charge < -0.3 is 4.90 Å². The van der Waals surface area contributed by atoms with Crippen LogP contribution in [0.3, 0.4) is 0 Å². The Balaban J connectivity index is 2.24. The Hall–Kier alpha value is -0.690. The first-order valence-corrected chi connectivity index (χ1v) is 8.01. The van der Waals surface area contributed by atoms with Crippen molar-refractivity contribution in [3.05, 3.63) is 23.5 Å². The highest BCUT2D eigenvalue weighted by Gasteiger charge is 2.31. The van der Waals surface area contributed by atoms with Crippen LogP contribution in [0.4, 0.5) is 0 Å². The zero-order valence-electron chi connectivity index (χ0n) is 11.1. The molecule has 1 aliphatic heterocycles. The van der Waals surface area contributed by atoms with E-state index >= 15 is 0 Å². The second-order valence-electron chi connectivity index (χ2n) is 4.94. The Morgan fingerprint density at radius 3 is 2.84 bits per heavy atom. The Kier molecular flexibility index (Phi) is 4.45. The van der Waals surface area contributed by atoms with Gasteiger partial charge in [0.1, 0.15) is 5.15 Å². The summed E-state index contributed by atoms with van der Waals surface area (Å²) in [7, 11) is 0.484. The number of piperidine rings is 1. The normalized spacial score (nSPS) is 21.8. The van der Waals surface area contributed by atoms with Gasteiger partial charge in [-0.15, -0.1) is 0 Å². The first-order chi connectivity index (χ1) is 8.91. The maximum Gasteiger partial charge on any atom is 0.243 e. The minimum atomic E-state index is -3.47. The first-order valence-electron chi connectivity index (χ1n) is 6.19. The fourth-order valence-corrected chi connectivity index (χ4v) is 4.02. The zero-order valence-corrected chi connectivity index (χ0v) is 12.7. The molecule has 1 aromatic rings. The van der Waals surface area contributed by atoms with Crippen LogP contribution in [0, 0.1) is 0 Å². The molecule has 0 spiro atoms. The summed E-state index contributed by atoms with van der Waals surface area (Å²) >= 11 is 5.77. The van der Waals surface area contributed by atoms with Crippen LogP contribution in [-0.4, -0.2) is 55.8 Å². The molecular weight excluding hydrogens is 286 g/mol. The molecule has 2 rings (SSSR count). The number of sulfonamides is 1. The third-order valence-corrected chi connectivity index (χ3v) is 5.49. The molecule has 1 atom stereocenters. The topological polar surface area (TPSA) is 53.5 Å². The molecule has 0 N–H and O–H groups in total. The number of nitrogens with zero attached hydrogens (tertiary/aromatic N) is 3. The summed E-state index contributed by atoms with van der Waals surface area (Å²) in [6, 6.07) is 3.15. The van der Waals surface area contributed by atoms with Crippen molar-refractivity contribution in [2.75, 3.05) is 27.2 Å². The lowest BCUT2D eigenvalue weighted by molar-refractivity contribution is 0.190. The van der Waals surface area contributed by atoms with Crippen LogP contribution < -0.4 is 0 Å². The number of aromatic nitrogens is 1. The van der Waals surface area contributed by atoms with Crippen LogP contribution >= 0.6 is 11.6 Å². The molecule has 19 heavy (non-hydrogen) atoms. The molecule has 5 nitrogen and oxygen atoms in total. The highest BCUT2D eigenvalue weighted by Crippen LogP contribution is 2.23. The fraction of sp³-hybridized carbons (Fsp3) is 0.583. The average molecular weight is 304 g/mol. The molecule has 2 heterocycles. The molecule has 0 amide bonds. The summed E-state index contributed by atoms with van der Waals surface area (Å²) in [6.45, 7) is 1.09. The fourth-order valence-electron chi connectivity index (χ4n) is 2.25. The highest BCUT2D eigenvalue weighted by atomic mass is 35.5. The minimum Gasteiger partial charge on any atom is -0.305 e. The van der Waals surface area contributed by atoms with Gasteiger partial charge in [-0.05, 0) is 39.1 Å². The van der Waals surface area contributed by atoms with Crippen LogP contribution in [-0.2, 0) is 10.0 Å². The van der Waals surface area contributed by atoms with Crippen molar-refractivity contribution in [2.24, 2.45) is 0 Å². The molecule has 0 radical (unpaired) electrons. The summed E-state index contributed by atoms with van der Waals surface area (Å²) < 4.78 is 26.6. The molecule has 106 valence electrons. The van der Waals surface area contributed by atoms with Crippen molar-refractivity contribution in [3.63, 3.8) is 0 Å². The minimum absolute atomic E-state index is 0.197. The standard InChI is InChI=1S/C12H18ClN3O2S/c1-15(2)10-4-3-7-16(9-10)19(17,18)11-5-6-14-12(13)8-11/h5-6,8,10H,3-4,7,9H2,1-2H3. The molecule has 7 heteroatoms. The molecule has 1 fully saturated rings. The van der Waals surface area contributed by atoms with Crippen LogP contribution in [0.5, 0.6) is 0 Å².